The average molecular weight is 259 g/mol. The molecule has 0 radical (unpaired) electrons. The topological polar surface area (TPSA) is 93.9 Å². The zero-order valence-electron chi connectivity index (χ0n) is 8.91. The molecular weight excluding hydrogens is 246 g/mol. The van der Waals surface area contributed by atoms with Crippen molar-refractivity contribution in [3.8, 4) is 0 Å². The monoisotopic (exact) mass is 259 g/mol. The van der Waals surface area contributed by atoms with Gasteiger partial charge in [0, 0.05) is 0 Å². The van der Waals surface area contributed by atoms with Gasteiger partial charge in [-0.1, -0.05) is 18.2 Å². The Kier molecular flexibility index (Phi) is 5.01. The molecule has 8 heteroatoms. The van der Waals surface area contributed by atoms with Crippen LogP contribution in [-0.4, -0.2) is 35.3 Å². The van der Waals surface area contributed by atoms with E-state index < -0.39 is 17.4 Å². The molecule has 0 aliphatic carbocycles. The number of hydrogen-bond acceptors (Lipinski definition) is 8. The molecule has 1 rings (SSSR count). The van der Waals surface area contributed by atoms with Gasteiger partial charge >= 0.3 is 5.97 Å². The zero-order chi connectivity index (χ0) is 12.8. The summed E-state index contributed by atoms with van der Waals surface area (Å²) in [4.78, 5) is 26.8. The van der Waals surface area contributed by atoms with Crippen LogP contribution in [0.3, 0.4) is 0 Å². The van der Waals surface area contributed by atoms with E-state index in [-0.39, 0.29) is 12.4 Å². The lowest BCUT2D eigenvalue weighted by atomic mass is 10.4. The van der Waals surface area contributed by atoms with E-state index in [1.807, 2.05) is 0 Å². The highest BCUT2D eigenvalue weighted by molar-refractivity contribution is 7.82. The summed E-state index contributed by atoms with van der Waals surface area (Å²) in [5.74, 6) is -0.407. The average Bonchev–Trinajstić information content (AvgIpc) is 2.83. The van der Waals surface area contributed by atoms with Gasteiger partial charge < -0.3 is 20.1 Å². The molecule has 0 fully saturated rings. The van der Waals surface area contributed by atoms with Gasteiger partial charge in [-0.2, -0.15) is 12.6 Å². The summed E-state index contributed by atoms with van der Waals surface area (Å²) in [7, 11) is 0. The number of thiol groups is 1. The van der Waals surface area contributed by atoms with E-state index in [1.165, 1.54) is 17.3 Å². The molecule has 1 aliphatic rings. The highest BCUT2D eigenvalue weighted by Crippen LogP contribution is 2.14. The fourth-order valence-corrected chi connectivity index (χ4v) is 1.10. The molecule has 1 aliphatic heterocycles. The Hall–Kier alpha value is -1.51. The fraction of sp³-hybridized carbons (Fsp3) is 0.333. The smallest absolute Gasteiger partial charge is 0.345 e. The van der Waals surface area contributed by atoms with Gasteiger partial charge in [-0.15, -0.1) is 0 Å². The van der Waals surface area contributed by atoms with Gasteiger partial charge in [0.1, 0.15) is 18.1 Å². The van der Waals surface area contributed by atoms with Gasteiger partial charge in [-0.05, 0) is 0 Å². The van der Waals surface area contributed by atoms with Crippen molar-refractivity contribution in [3.05, 3.63) is 24.6 Å². The van der Waals surface area contributed by atoms with Crippen LogP contribution in [-0.2, 0) is 19.2 Å². The third-order valence-corrected chi connectivity index (χ3v) is 2.22. The molecule has 17 heavy (non-hydrogen) atoms. The number of carbonyl (C=O) groups excluding carboxylic acids is 2. The highest BCUT2D eigenvalue weighted by Gasteiger charge is 2.28. The number of hydrogen-bond donors (Lipinski definition) is 3. The molecular formula is C9H13N3O4S. The summed E-state index contributed by atoms with van der Waals surface area (Å²) < 4.78 is 4.75. The number of ether oxygens (including phenoxy) is 1. The van der Waals surface area contributed by atoms with E-state index in [2.05, 4.69) is 24.8 Å². The van der Waals surface area contributed by atoms with Gasteiger partial charge in [-0.25, -0.2) is 4.79 Å². The Morgan fingerprint density at radius 1 is 1.82 bits per heavy atom. The summed E-state index contributed by atoms with van der Waals surface area (Å²) in [6.45, 7) is 3.47. The van der Waals surface area contributed by atoms with Crippen LogP contribution in [0.1, 0.15) is 0 Å². The van der Waals surface area contributed by atoms with Gasteiger partial charge in [-0.3, -0.25) is 5.01 Å². The van der Waals surface area contributed by atoms with Crippen LogP contribution >= 0.6 is 12.6 Å². The first-order chi connectivity index (χ1) is 8.10. The predicted octanol–water partition coefficient (Wildman–Crippen LogP) is -0.909. The lowest BCUT2D eigenvalue weighted by Gasteiger charge is -2.19. The van der Waals surface area contributed by atoms with Crippen LogP contribution in [0.15, 0.2) is 24.6 Å². The zero-order valence-corrected chi connectivity index (χ0v) is 9.80. The normalized spacial score (nSPS) is 17.8. The maximum Gasteiger partial charge on any atom is 0.345 e. The van der Waals surface area contributed by atoms with Gasteiger partial charge in [0.2, 0.25) is 0 Å². The number of carbonyl (C=O) groups is 2. The van der Waals surface area contributed by atoms with Gasteiger partial charge in [0.15, 0.2) is 11.9 Å². The third-order valence-electron chi connectivity index (χ3n) is 1.84. The Balaban J connectivity index is 2.57. The number of nitrogens with two attached hydrogens (primary N) is 1. The number of esters is 1. The maximum absolute atomic E-state index is 11.4. The minimum atomic E-state index is -1.08. The number of rotatable bonds is 6. The molecule has 0 bridgehead atoms. The van der Waals surface area contributed by atoms with Crippen molar-refractivity contribution < 1.29 is 19.2 Å². The molecule has 0 aromatic rings. The lowest BCUT2D eigenvalue weighted by molar-refractivity contribution is -0.151. The molecule has 0 amide bonds. The van der Waals surface area contributed by atoms with E-state index in [4.69, 9.17) is 15.3 Å². The first-order valence-corrected chi connectivity index (χ1v) is 5.20. The molecule has 0 spiro atoms. The van der Waals surface area contributed by atoms with Crippen molar-refractivity contribution in [1.82, 2.24) is 10.6 Å². The summed E-state index contributed by atoms with van der Waals surface area (Å²) >= 11 is 3.94. The minimum absolute atomic E-state index is 0.0708. The molecule has 0 saturated heterocycles. The molecule has 94 valence electrons. The Labute approximate surface area is 104 Å². The van der Waals surface area contributed by atoms with Crippen LogP contribution in [0.4, 0.5) is 0 Å². The van der Waals surface area contributed by atoms with Crippen molar-refractivity contribution in [2.24, 2.45) is 5.73 Å². The Bertz CT molecular complexity index is 347. The van der Waals surface area contributed by atoms with Crippen LogP contribution in [0, 0.1) is 0 Å². The molecule has 3 N–H and O–H groups in total. The molecule has 2 atom stereocenters. The molecule has 0 aromatic carbocycles. The molecule has 0 saturated carbocycles. The van der Waals surface area contributed by atoms with E-state index in [0.29, 0.717) is 6.29 Å². The van der Waals surface area contributed by atoms with E-state index in [1.54, 1.807) is 0 Å². The first kappa shape index (κ1) is 13.6. The SMILES string of the molecule is C=CCOC(=O)[C@H](N)N1C=C(C(S)C=O)ON1. The number of nitrogens with zero attached hydrogens (tertiary/aromatic N) is 1. The third kappa shape index (κ3) is 3.48. The predicted molar refractivity (Wildman–Crippen MR) is 62.1 cm³/mol. The van der Waals surface area contributed by atoms with Crippen LogP contribution in [0.25, 0.3) is 0 Å². The van der Waals surface area contributed by atoms with E-state index in [0.717, 1.165) is 0 Å². The van der Waals surface area contributed by atoms with Crippen molar-refractivity contribution in [1.29, 1.82) is 0 Å². The summed E-state index contributed by atoms with van der Waals surface area (Å²) in [5, 5.41) is 0.455. The summed E-state index contributed by atoms with van der Waals surface area (Å²) in [6.07, 6.45) is 2.29. The van der Waals surface area contributed by atoms with Crippen LogP contribution in [0.5, 0.6) is 0 Å². The second-order valence-electron chi connectivity index (χ2n) is 3.08. The highest BCUT2D eigenvalue weighted by atomic mass is 32.1. The van der Waals surface area contributed by atoms with E-state index >= 15 is 0 Å². The van der Waals surface area contributed by atoms with Crippen molar-refractivity contribution >= 4 is 24.9 Å². The fourth-order valence-electron chi connectivity index (χ4n) is 0.976. The largest absolute Gasteiger partial charge is 0.459 e. The second kappa shape index (κ2) is 6.28. The maximum atomic E-state index is 11.4. The number of hydrazine groups is 1. The quantitative estimate of drug-likeness (QED) is 0.246. The summed E-state index contributed by atoms with van der Waals surface area (Å²) in [6, 6.07) is 0. The Morgan fingerprint density at radius 2 is 2.53 bits per heavy atom. The van der Waals surface area contributed by atoms with Crippen LogP contribution in [0.2, 0.25) is 0 Å². The van der Waals surface area contributed by atoms with Gasteiger partial charge in [0.25, 0.3) is 0 Å². The van der Waals surface area contributed by atoms with Crippen molar-refractivity contribution in [3.63, 3.8) is 0 Å². The standard InChI is InChI=1S/C9H13N3O4S/c1-2-3-15-9(14)8(10)12-4-6(16-11-12)7(17)5-13/h2,4-5,7-8,11,17H,1,3,10H2/t7?,8-/m1/s1. The summed E-state index contributed by atoms with van der Waals surface area (Å²) in [5.41, 5.74) is 7.94. The van der Waals surface area contributed by atoms with Crippen molar-refractivity contribution in [2.75, 3.05) is 6.61 Å². The van der Waals surface area contributed by atoms with Crippen LogP contribution < -0.4 is 11.3 Å². The van der Waals surface area contributed by atoms with Crippen molar-refractivity contribution in [2.45, 2.75) is 11.4 Å². The Morgan fingerprint density at radius 3 is 3.12 bits per heavy atom. The van der Waals surface area contributed by atoms with E-state index in [9.17, 15) is 9.59 Å². The molecule has 7 nitrogen and oxygen atoms in total. The molecule has 0 aromatic heterocycles. The minimum Gasteiger partial charge on any atom is -0.459 e. The van der Waals surface area contributed by atoms with Gasteiger partial charge in [0.05, 0.1) is 6.20 Å². The lowest BCUT2D eigenvalue weighted by Crippen LogP contribution is -2.49. The first-order valence-electron chi connectivity index (χ1n) is 4.69. The number of nitrogens with one attached hydrogen (secondary N) is 1. The second-order valence-corrected chi connectivity index (χ2v) is 3.63. The molecule has 1 heterocycles. The molecule has 1 unspecified atom stereocenters. The number of aldehydes is 1.